The lowest BCUT2D eigenvalue weighted by molar-refractivity contribution is -0.157. The van der Waals surface area contributed by atoms with Crippen molar-refractivity contribution in [2.75, 3.05) is 38.2 Å². The van der Waals surface area contributed by atoms with Gasteiger partial charge in [-0.1, -0.05) is 25.3 Å². The Kier molecular flexibility index (Phi) is 7.86. The number of carbonyl (C=O) groups excluding carboxylic acids is 3. The molecule has 0 unspecified atom stereocenters. The van der Waals surface area contributed by atoms with Gasteiger partial charge in [-0.2, -0.15) is 4.31 Å². The van der Waals surface area contributed by atoms with Crippen LogP contribution in [0.25, 0.3) is 0 Å². The molecule has 1 aliphatic heterocycles. The van der Waals surface area contributed by atoms with Gasteiger partial charge in [0.25, 0.3) is 5.91 Å². The highest BCUT2D eigenvalue weighted by molar-refractivity contribution is 7.89. The molecular weight excluding hydrogens is 438 g/mol. The first-order chi connectivity index (χ1) is 15.2. The zero-order valence-corrected chi connectivity index (χ0v) is 18.9. The third-order valence-electron chi connectivity index (χ3n) is 5.57. The number of nitrogens with one attached hydrogen (secondary N) is 2. The summed E-state index contributed by atoms with van der Waals surface area (Å²) in [6.45, 7) is 2.01. The van der Waals surface area contributed by atoms with Crippen molar-refractivity contribution in [3.05, 3.63) is 24.3 Å². The summed E-state index contributed by atoms with van der Waals surface area (Å²) in [5.74, 6) is -1.56. The first kappa shape index (κ1) is 24.1. The van der Waals surface area contributed by atoms with Gasteiger partial charge in [-0.3, -0.25) is 9.59 Å². The van der Waals surface area contributed by atoms with E-state index in [4.69, 9.17) is 9.47 Å². The molecule has 0 aromatic heterocycles. The van der Waals surface area contributed by atoms with Crippen molar-refractivity contribution in [3.8, 4) is 0 Å². The number of esters is 1. The van der Waals surface area contributed by atoms with E-state index in [2.05, 4.69) is 10.6 Å². The number of sulfonamides is 1. The highest BCUT2D eigenvalue weighted by Crippen LogP contribution is 2.29. The number of rotatable bonds is 7. The van der Waals surface area contributed by atoms with E-state index in [1.165, 1.54) is 29.4 Å². The van der Waals surface area contributed by atoms with Crippen LogP contribution in [-0.4, -0.2) is 69.0 Å². The van der Waals surface area contributed by atoms with Crippen molar-refractivity contribution in [1.29, 1.82) is 0 Å². The zero-order valence-electron chi connectivity index (χ0n) is 18.1. The quantitative estimate of drug-likeness (QED) is 0.573. The predicted octanol–water partition coefficient (Wildman–Crippen LogP) is 1.03. The minimum absolute atomic E-state index is 0.0565. The second-order valence-corrected chi connectivity index (χ2v) is 9.93. The van der Waals surface area contributed by atoms with Gasteiger partial charge in [0.15, 0.2) is 6.61 Å². The molecule has 1 aliphatic carbocycles. The summed E-state index contributed by atoms with van der Waals surface area (Å²) in [6.07, 6.45) is 3.47. The van der Waals surface area contributed by atoms with E-state index in [1.54, 1.807) is 6.07 Å². The van der Waals surface area contributed by atoms with Gasteiger partial charge in [0.05, 0.1) is 18.1 Å². The summed E-state index contributed by atoms with van der Waals surface area (Å²) in [4.78, 5) is 36.6. The smallest absolute Gasteiger partial charge is 0.332 e. The highest BCUT2D eigenvalue weighted by Gasteiger charge is 2.42. The number of hydrogen-bond acceptors (Lipinski definition) is 7. The number of amides is 2. The predicted molar refractivity (Wildman–Crippen MR) is 115 cm³/mol. The van der Waals surface area contributed by atoms with Gasteiger partial charge in [0.1, 0.15) is 5.54 Å². The maximum Gasteiger partial charge on any atom is 0.332 e. The fraction of sp³-hybridized carbons (Fsp3) is 0.571. The van der Waals surface area contributed by atoms with Crippen LogP contribution >= 0.6 is 0 Å². The van der Waals surface area contributed by atoms with Crippen molar-refractivity contribution in [2.45, 2.75) is 49.5 Å². The molecule has 2 amide bonds. The molecule has 3 rings (SSSR count). The van der Waals surface area contributed by atoms with Crippen molar-refractivity contribution in [1.82, 2.24) is 9.62 Å². The molecule has 1 saturated carbocycles. The van der Waals surface area contributed by atoms with Crippen LogP contribution in [0.5, 0.6) is 0 Å². The minimum atomic E-state index is -3.70. The first-order valence-electron chi connectivity index (χ1n) is 10.7. The van der Waals surface area contributed by atoms with Gasteiger partial charge in [-0.15, -0.1) is 0 Å². The van der Waals surface area contributed by atoms with Crippen molar-refractivity contribution < 1.29 is 32.3 Å². The number of anilines is 1. The molecule has 0 atom stereocenters. The summed E-state index contributed by atoms with van der Waals surface area (Å²) >= 11 is 0. The van der Waals surface area contributed by atoms with Gasteiger partial charge >= 0.3 is 5.97 Å². The van der Waals surface area contributed by atoms with E-state index in [0.717, 1.165) is 19.3 Å². The fourth-order valence-electron chi connectivity index (χ4n) is 4.01. The number of ether oxygens (including phenoxy) is 2. The van der Waals surface area contributed by atoms with Crippen LogP contribution in [0, 0.1) is 0 Å². The Hall–Kier alpha value is -2.50. The molecule has 2 N–H and O–H groups in total. The molecule has 32 heavy (non-hydrogen) atoms. The van der Waals surface area contributed by atoms with Crippen molar-refractivity contribution in [2.24, 2.45) is 0 Å². The van der Waals surface area contributed by atoms with E-state index in [-0.39, 0.29) is 29.6 Å². The average molecular weight is 468 g/mol. The SMILES string of the molecule is CC(=O)NC1(C(=O)OCC(=O)Nc2cccc(S(=O)(=O)N3CCOCC3)c2)CCCCC1. The molecule has 10 nitrogen and oxygen atoms in total. The van der Waals surface area contributed by atoms with Crippen LogP contribution in [0.3, 0.4) is 0 Å². The summed E-state index contributed by atoms with van der Waals surface area (Å²) < 4.78 is 37.3. The molecule has 2 aliphatic rings. The normalized spacial score (nSPS) is 19.0. The van der Waals surface area contributed by atoms with E-state index in [0.29, 0.717) is 26.1 Å². The Morgan fingerprint density at radius 1 is 1.12 bits per heavy atom. The third kappa shape index (κ3) is 5.84. The molecule has 1 aromatic rings. The van der Waals surface area contributed by atoms with E-state index >= 15 is 0 Å². The lowest BCUT2D eigenvalue weighted by Crippen LogP contribution is -2.56. The zero-order chi connectivity index (χ0) is 23.2. The number of morpholine rings is 1. The molecule has 0 bridgehead atoms. The van der Waals surface area contributed by atoms with Crippen LogP contribution in [0.2, 0.25) is 0 Å². The second kappa shape index (κ2) is 10.4. The van der Waals surface area contributed by atoms with Crippen LogP contribution in [0.1, 0.15) is 39.0 Å². The van der Waals surface area contributed by atoms with Gasteiger partial charge in [0, 0.05) is 25.7 Å². The molecule has 0 spiro atoms. The van der Waals surface area contributed by atoms with Crippen LogP contribution in [-0.2, 0) is 33.9 Å². The summed E-state index contributed by atoms with van der Waals surface area (Å²) in [7, 11) is -3.70. The number of hydrogen-bond donors (Lipinski definition) is 2. The topological polar surface area (TPSA) is 131 Å². The van der Waals surface area contributed by atoms with E-state index in [9.17, 15) is 22.8 Å². The lowest BCUT2D eigenvalue weighted by Gasteiger charge is -2.35. The number of nitrogens with zero attached hydrogens (tertiary/aromatic N) is 1. The molecule has 0 radical (unpaired) electrons. The largest absolute Gasteiger partial charge is 0.454 e. The molecule has 1 aromatic carbocycles. The standard InChI is InChI=1S/C21H29N3O7S/c1-16(25)23-21(8-3-2-4-9-21)20(27)31-15-19(26)22-17-6-5-7-18(14-17)32(28,29)24-10-12-30-13-11-24/h5-7,14H,2-4,8-13,15H2,1H3,(H,22,26)(H,23,25). The molecule has 2 fully saturated rings. The first-order valence-corrected chi connectivity index (χ1v) is 12.1. The molecule has 11 heteroatoms. The maximum atomic E-state index is 12.8. The van der Waals surface area contributed by atoms with E-state index < -0.39 is 34.0 Å². The third-order valence-corrected chi connectivity index (χ3v) is 7.47. The number of carbonyl (C=O) groups is 3. The summed E-state index contributed by atoms with van der Waals surface area (Å²) in [5, 5.41) is 5.26. The summed E-state index contributed by atoms with van der Waals surface area (Å²) in [6, 6.07) is 5.91. The van der Waals surface area contributed by atoms with Gasteiger partial charge in [-0.05, 0) is 31.0 Å². The Morgan fingerprint density at radius 2 is 1.81 bits per heavy atom. The number of benzene rings is 1. The Labute approximate surface area is 187 Å². The van der Waals surface area contributed by atoms with Crippen LogP contribution in [0.4, 0.5) is 5.69 Å². The van der Waals surface area contributed by atoms with Gasteiger partial charge in [0.2, 0.25) is 15.9 Å². The van der Waals surface area contributed by atoms with Crippen LogP contribution < -0.4 is 10.6 Å². The van der Waals surface area contributed by atoms with Crippen molar-refractivity contribution >= 4 is 33.5 Å². The van der Waals surface area contributed by atoms with Crippen LogP contribution in [0.15, 0.2) is 29.2 Å². The summed E-state index contributed by atoms with van der Waals surface area (Å²) in [5.41, 5.74) is -0.828. The van der Waals surface area contributed by atoms with Crippen molar-refractivity contribution in [3.63, 3.8) is 0 Å². The fourth-order valence-corrected chi connectivity index (χ4v) is 5.46. The Bertz CT molecular complexity index is 952. The van der Waals surface area contributed by atoms with E-state index in [1.807, 2.05) is 0 Å². The Morgan fingerprint density at radius 3 is 2.47 bits per heavy atom. The molecule has 176 valence electrons. The minimum Gasteiger partial charge on any atom is -0.454 e. The molecular formula is C21H29N3O7S. The highest BCUT2D eigenvalue weighted by atomic mass is 32.2. The average Bonchev–Trinajstić information content (AvgIpc) is 2.78. The lowest BCUT2D eigenvalue weighted by atomic mass is 9.81. The maximum absolute atomic E-state index is 12.8. The van der Waals surface area contributed by atoms with Gasteiger partial charge in [-0.25, -0.2) is 13.2 Å². The Balaban J connectivity index is 1.61. The monoisotopic (exact) mass is 467 g/mol. The molecule has 1 heterocycles. The second-order valence-electron chi connectivity index (χ2n) is 7.99. The van der Waals surface area contributed by atoms with Gasteiger partial charge < -0.3 is 20.1 Å². The molecule has 1 saturated heterocycles.